The van der Waals surface area contributed by atoms with Gasteiger partial charge in [-0.15, -0.1) is 0 Å². The van der Waals surface area contributed by atoms with Crippen LogP contribution in [0, 0.1) is 0 Å². The smallest absolute Gasteiger partial charge is 0.410 e. The van der Waals surface area contributed by atoms with Crippen LogP contribution in [-0.2, 0) is 18.0 Å². The Morgan fingerprint density at radius 1 is 0.833 bits per heavy atom. The van der Waals surface area contributed by atoms with Crippen LogP contribution in [0.1, 0.15) is 56.2 Å². The molecule has 1 aromatic heterocycles. The van der Waals surface area contributed by atoms with E-state index in [4.69, 9.17) is 19.2 Å². The molecule has 2 heterocycles. The summed E-state index contributed by atoms with van der Waals surface area (Å²) in [5, 5.41) is 3.51. The van der Waals surface area contributed by atoms with Crippen LogP contribution in [0.15, 0.2) is 97.1 Å². The quantitative estimate of drug-likeness (QED) is 0.221. The number of anilines is 2. The lowest BCUT2D eigenvalue weighted by atomic mass is 9.89. The summed E-state index contributed by atoms with van der Waals surface area (Å²) in [6.45, 7) is 7.87. The van der Waals surface area contributed by atoms with E-state index < -0.39 is 5.60 Å². The molecule has 1 fully saturated rings. The molecule has 0 spiro atoms. The molecule has 7 nitrogen and oxygen atoms in total. The molecule has 1 aliphatic heterocycles. The van der Waals surface area contributed by atoms with Crippen molar-refractivity contribution in [3.05, 3.63) is 114 Å². The number of aromatic nitrogens is 1. The van der Waals surface area contributed by atoms with Crippen molar-refractivity contribution < 1.29 is 19.0 Å². The Labute approximate surface area is 248 Å². The number of pyridine rings is 1. The third-order valence-corrected chi connectivity index (χ3v) is 7.07. The minimum Gasteiger partial charge on any atom is -0.473 e. The summed E-state index contributed by atoms with van der Waals surface area (Å²) in [6.07, 6.45) is 1.55. The number of nitrogens with one attached hydrogen (secondary N) is 1. The minimum atomic E-state index is -0.487. The van der Waals surface area contributed by atoms with Gasteiger partial charge in [-0.1, -0.05) is 72.8 Å². The van der Waals surface area contributed by atoms with Crippen molar-refractivity contribution in [3.63, 3.8) is 0 Å². The molecule has 0 atom stereocenters. The van der Waals surface area contributed by atoms with Crippen LogP contribution in [0.2, 0.25) is 0 Å². The van der Waals surface area contributed by atoms with E-state index in [-0.39, 0.29) is 6.09 Å². The summed E-state index contributed by atoms with van der Waals surface area (Å²) in [6, 6.07) is 32.3. The second kappa shape index (κ2) is 13.4. The molecule has 1 amide bonds. The molecule has 5 rings (SSSR count). The van der Waals surface area contributed by atoms with E-state index in [9.17, 15) is 4.79 Å². The lowest BCUT2D eigenvalue weighted by Gasteiger charge is -2.33. The highest BCUT2D eigenvalue weighted by Crippen LogP contribution is 2.33. The highest BCUT2D eigenvalue weighted by Gasteiger charge is 2.27. The molecule has 4 aromatic rings. The maximum absolute atomic E-state index is 12.5. The van der Waals surface area contributed by atoms with Crippen LogP contribution in [0.25, 0.3) is 0 Å². The van der Waals surface area contributed by atoms with E-state index in [0.717, 1.165) is 35.3 Å². The van der Waals surface area contributed by atoms with Crippen LogP contribution in [-0.4, -0.2) is 34.7 Å². The summed E-state index contributed by atoms with van der Waals surface area (Å²) in [5.74, 6) is 1.34. The zero-order valence-electron chi connectivity index (χ0n) is 24.6. The zero-order chi connectivity index (χ0) is 29.4. The Balaban J connectivity index is 1.27. The number of amides is 1. The first-order valence-corrected chi connectivity index (χ1v) is 14.5. The normalized spacial score (nSPS) is 13.8. The standard InChI is InChI=1S/C35H39N3O4/c1-35(2,3)42-34(39)38-21-19-28(20-22-38)29-15-10-16-30(23-29)36-31-17-18-32(40-24-26-11-6-4-7-12-26)37-33(31)41-25-27-13-8-5-9-14-27/h4-18,23,28,36H,19-22,24-25H2,1-3H3. The summed E-state index contributed by atoms with van der Waals surface area (Å²) < 4.78 is 17.7. The first-order chi connectivity index (χ1) is 20.3. The van der Waals surface area contributed by atoms with Crippen molar-refractivity contribution in [2.45, 2.75) is 58.3 Å². The van der Waals surface area contributed by atoms with Crippen molar-refractivity contribution in [2.75, 3.05) is 18.4 Å². The average Bonchev–Trinajstić information content (AvgIpc) is 3.00. The number of ether oxygens (including phenoxy) is 3. The number of hydrogen-bond donors (Lipinski definition) is 1. The lowest BCUT2D eigenvalue weighted by Crippen LogP contribution is -2.41. The summed E-state index contributed by atoms with van der Waals surface area (Å²) in [4.78, 5) is 19.0. The molecule has 0 unspecified atom stereocenters. The molecule has 42 heavy (non-hydrogen) atoms. The van der Waals surface area contributed by atoms with Gasteiger partial charge in [0.15, 0.2) is 0 Å². The SMILES string of the molecule is CC(C)(C)OC(=O)N1CCC(c2cccc(Nc3ccc(OCc4ccccc4)nc3OCc3ccccc3)c2)CC1. The fourth-order valence-electron chi connectivity index (χ4n) is 4.91. The van der Waals surface area contributed by atoms with Crippen LogP contribution < -0.4 is 14.8 Å². The van der Waals surface area contributed by atoms with E-state index >= 15 is 0 Å². The van der Waals surface area contributed by atoms with Gasteiger partial charge in [-0.05, 0) is 74.4 Å². The fraction of sp³-hybridized carbons (Fsp3) is 0.314. The Hall–Kier alpha value is -4.52. The summed E-state index contributed by atoms with van der Waals surface area (Å²) >= 11 is 0. The van der Waals surface area contributed by atoms with E-state index in [1.165, 1.54) is 5.56 Å². The number of hydrogen-bond acceptors (Lipinski definition) is 6. The third kappa shape index (κ3) is 8.26. The van der Waals surface area contributed by atoms with E-state index in [0.29, 0.717) is 44.0 Å². The highest BCUT2D eigenvalue weighted by molar-refractivity contribution is 5.68. The predicted molar refractivity (Wildman–Crippen MR) is 165 cm³/mol. The number of piperidine rings is 1. The first-order valence-electron chi connectivity index (χ1n) is 14.5. The molecular formula is C35H39N3O4. The van der Waals surface area contributed by atoms with E-state index in [2.05, 4.69) is 23.5 Å². The van der Waals surface area contributed by atoms with Crippen LogP contribution in [0.4, 0.5) is 16.2 Å². The number of likely N-dealkylation sites (tertiary alicyclic amines) is 1. The monoisotopic (exact) mass is 565 g/mol. The molecule has 1 aliphatic rings. The van der Waals surface area contributed by atoms with Crippen LogP contribution >= 0.6 is 0 Å². The maximum atomic E-state index is 12.5. The number of rotatable bonds is 9. The highest BCUT2D eigenvalue weighted by atomic mass is 16.6. The van der Waals surface area contributed by atoms with Gasteiger partial charge < -0.3 is 24.4 Å². The van der Waals surface area contributed by atoms with Crippen molar-refractivity contribution in [3.8, 4) is 11.8 Å². The van der Waals surface area contributed by atoms with Gasteiger partial charge in [0, 0.05) is 24.8 Å². The molecule has 3 aromatic carbocycles. The van der Waals surface area contributed by atoms with Crippen molar-refractivity contribution in [1.29, 1.82) is 0 Å². The van der Waals surface area contributed by atoms with Crippen molar-refractivity contribution >= 4 is 17.5 Å². The molecule has 218 valence electrons. The predicted octanol–water partition coefficient (Wildman–Crippen LogP) is 8.10. The van der Waals surface area contributed by atoms with Gasteiger partial charge in [-0.2, -0.15) is 4.98 Å². The molecule has 0 saturated carbocycles. The largest absolute Gasteiger partial charge is 0.473 e. The lowest BCUT2D eigenvalue weighted by molar-refractivity contribution is 0.0205. The van der Waals surface area contributed by atoms with Gasteiger partial charge >= 0.3 is 6.09 Å². The number of carbonyl (C=O) groups is 1. The second-order valence-electron chi connectivity index (χ2n) is 11.5. The van der Waals surface area contributed by atoms with Gasteiger partial charge in [0.1, 0.15) is 24.5 Å². The van der Waals surface area contributed by atoms with E-state index in [1.54, 1.807) is 0 Å². The van der Waals surface area contributed by atoms with Gasteiger partial charge in [0.05, 0.1) is 0 Å². The van der Waals surface area contributed by atoms with Crippen LogP contribution in [0.3, 0.4) is 0 Å². The van der Waals surface area contributed by atoms with Crippen LogP contribution in [0.5, 0.6) is 11.8 Å². The summed E-state index contributed by atoms with van der Waals surface area (Å²) in [5.41, 5.74) is 4.59. The second-order valence-corrected chi connectivity index (χ2v) is 11.5. The van der Waals surface area contributed by atoms with Crippen molar-refractivity contribution in [1.82, 2.24) is 9.88 Å². The van der Waals surface area contributed by atoms with E-state index in [1.807, 2.05) is 105 Å². The van der Waals surface area contributed by atoms with Gasteiger partial charge in [0.2, 0.25) is 11.8 Å². The Kier molecular flexibility index (Phi) is 9.27. The van der Waals surface area contributed by atoms with Gasteiger partial charge in [-0.3, -0.25) is 0 Å². The number of benzene rings is 3. The van der Waals surface area contributed by atoms with Crippen molar-refractivity contribution in [2.24, 2.45) is 0 Å². The maximum Gasteiger partial charge on any atom is 0.410 e. The average molecular weight is 566 g/mol. The minimum absolute atomic E-state index is 0.233. The molecule has 0 radical (unpaired) electrons. The molecule has 7 heteroatoms. The third-order valence-electron chi connectivity index (χ3n) is 7.07. The summed E-state index contributed by atoms with van der Waals surface area (Å²) in [7, 11) is 0. The number of carbonyl (C=O) groups excluding carboxylic acids is 1. The number of nitrogens with zero attached hydrogens (tertiary/aromatic N) is 2. The Morgan fingerprint density at radius 2 is 1.48 bits per heavy atom. The zero-order valence-corrected chi connectivity index (χ0v) is 24.6. The topological polar surface area (TPSA) is 72.9 Å². The molecule has 0 bridgehead atoms. The molecule has 0 aliphatic carbocycles. The molecule has 1 saturated heterocycles. The fourth-order valence-corrected chi connectivity index (χ4v) is 4.91. The van der Waals surface area contributed by atoms with Gasteiger partial charge in [0.25, 0.3) is 0 Å². The van der Waals surface area contributed by atoms with Gasteiger partial charge in [-0.25, -0.2) is 4.79 Å². The Morgan fingerprint density at radius 3 is 2.12 bits per heavy atom. The molecule has 1 N–H and O–H groups in total. The molecular weight excluding hydrogens is 526 g/mol. The first kappa shape index (κ1) is 29.0. The Bertz CT molecular complexity index is 1450.